The summed E-state index contributed by atoms with van der Waals surface area (Å²) >= 11 is 0. The molecule has 0 radical (unpaired) electrons. The van der Waals surface area contributed by atoms with Gasteiger partial charge in [-0.15, -0.1) is 0 Å². The molecule has 0 unspecified atom stereocenters. The lowest BCUT2D eigenvalue weighted by Gasteiger charge is -2.58. The standard InChI is InChI=1S/C27H46O5S/c1-17(2)6-11-25(28)18(3)22-9-10-23-21-8-7-19-16-20(32-33(29,30)31)12-14-26(19,4)24(21)13-15-27(22,23)5/h7,17-18,20-25,28H,6,8-16H2,1-5H3,(H,29,30,31)/t18-,20-,21-,22+,23-,24-,25-,26-,27+/m0/s1. The highest BCUT2D eigenvalue weighted by atomic mass is 32.3. The third-order valence-corrected chi connectivity index (χ3v) is 11.2. The smallest absolute Gasteiger partial charge is 0.393 e. The molecule has 0 heterocycles. The molecule has 0 aromatic carbocycles. The van der Waals surface area contributed by atoms with E-state index in [4.69, 9.17) is 8.74 Å². The molecule has 0 aliphatic heterocycles. The average Bonchev–Trinajstić information content (AvgIpc) is 3.07. The molecular formula is C27H46O5S. The highest BCUT2D eigenvalue weighted by molar-refractivity contribution is 7.80. The summed E-state index contributed by atoms with van der Waals surface area (Å²) in [5.41, 5.74) is 1.77. The fraction of sp³-hybridized carbons (Fsp3) is 0.926. The lowest BCUT2D eigenvalue weighted by Crippen LogP contribution is -2.51. The van der Waals surface area contributed by atoms with Crippen LogP contribution in [0.5, 0.6) is 0 Å². The highest BCUT2D eigenvalue weighted by Gasteiger charge is 2.59. The van der Waals surface area contributed by atoms with E-state index in [-0.39, 0.29) is 11.5 Å². The normalized spacial score (nSPS) is 42.8. The van der Waals surface area contributed by atoms with Crippen LogP contribution >= 0.6 is 0 Å². The summed E-state index contributed by atoms with van der Waals surface area (Å²) in [6, 6.07) is 0. The fourth-order valence-corrected chi connectivity index (χ4v) is 9.33. The van der Waals surface area contributed by atoms with E-state index in [9.17, 15) is 13.5 Å². The van der Waals surface area contributed by atoms with E-state index in [0.717, 1.165) is 25.7 Å². The Morgan fingerprint density at radius 1 is 1.06 bits per heavy atom. The van der Waals surface area contributed by atoms with Crippen molar-refractivity contribution in [3.63, 3.8) is 0 Å². The first kappa shape index (κ1) is 25.7. The summed E-state index contributed by atoms with van der Waals surface area (Å²) in [6.07, 6.45) is 12.0. The molecule has 190 valence electrons. The maximum atomic E-state index is 11.2. The zero-order valence-electron chi connectivity index (χ0n) is 21.3. The lowest BCUT2D eigenvalue weighted by molar-refractivity contribution is -0.0672. The molecule has 4 rings (SSSR count). The summed E-state index contributed by atoms with van der Waals surface area (Å²) in [5, 5.41) is 11.0. The molecule has 4 aliphatic rings. The Balaban J connectivity index is 1.49. The highest BCUT2D eigenvalue weighted by Crippen LogP contribution is 2.67. The second-order valence-corrected chi connectivity index (χ2v) is 13.8. The number of rotatable bonds is 7. The van der Waals surface area contributed by atoms with Gasteiger partial charge >= 0.3 is 10.4 Å². The minimum atomic E-state index is -4.40. The van der Waals surface area contributed by atoms with Gasteiger partial charge in [-0.3, -0.25) is 4.55 Å². The zero-order valence-corrected chi connectivity index (χ0v) is 22.1. The molecule has 4 aliphatic carbocycles. The van der Waals surface area contributed by atoms with E-state index < -0.39 is 16.5 Å². The van der Waals surface area contributed by atoms with Gasteiger partial charge in [0.1, 0.15) is 0 Å². The van der Waals surface area contributed by atoms with Crippen LogP contribution in [0.3, 0.4) is 0 Å². The Bertz CT molecular complexity index is 851. The summed E-state index contributed by atoms with van der Waals surface area (Å²) < 4.78 is 36.5. The summed E-state index contributed by atoms with van der Waals surface area (Å²) in [4.78, 5) is 0. The van der Waals surface area contributed by atoms with Crippen LogP contribution in [0.4, 0.5) is 0 Å². The topological polar surface area (TPSA) is 83.8 Å². The van der Waals surface area contributed by atoms with Crippen molar-refractivity contribution in [3.8, 4) is 0 Å². The number of aliphatic hydroxyl groups excluding tert-OH is 1. The number of fused-ring (bicyclic) bond motifs is 5. The van der Waals surface area contributed by atoms with E-state index in [0.29, 0.717) is 53.8 Å². The summed E-state index contributed by atoms with van der Waals surface area (Å²) in [6.45, 7) is 11.7. The first-order valence-corrected chi connectivity index (χ1v) is 14.7. The molecule has 0 amide bonds. The van der Waals surface area contributed by atoms with E-state index >= 15 is 0 Å². The van der Waals surface area contributed by atoms with Gasteiger partial charge in [0.15, 0.2) is 0 Å². The minimum absolute atomic E-state index is 0.115. The van der Waals surface area contributed by atoms with E-state index in [1.54, 1.807) is 0 Å². The van der Waals surface area contributed by atoms with Crippen molar-refractivity contribution < 1.29 is 22.3 Å². The second kappa shape index (κ2) is 9.22. The van der Waals surface area contributed by atoms with Crippen LogP contribution < -0.4 is 0 Å². The van der Waals surface area contributed by atoms with E-state index in [2.05, 4.69) is 40.7 Å². The SMILES string of the molecule is CC(C)CC[C@H](O)[C@@H](C)[C@H]1CC[C@H]2[C@@H]3CC=C4C[C@@H](OS(=O)(=O)O)CC[C@]4(C)[C@H]3CC[C@]12C. The van der Waals surface area contributed by atoms with Gasteiger partial charge in [0.2, 0.25) is 0 Å². The molecule has 0 aromatic heterocycles. The van der Waals surface area contributed by atoms with Crippen LogP contribution in [0, 0.1) is 46.3 Å². The van der Waals surface area contributed by atoms with Gasteiger partial charge in [-0.2, -0.15) is 8.42 Å². The van der Waals surface area contributed by atoms with Crippen molar-refractivity contribution in [2.24, 2.45) is 46.3 Å². The Kier molecular flexibility index (Phi) is 7.17. The number of aliphatic hydroxyl groups is 1. The number of allylic oxidation sites excluding steroid dienone is 1. The molecule has 3 fully saturated rings. The monoisotopic (exact) mass is 482 g/mol. The predicted molar refractivity (Wildman–Crippen MR) is 131 cm³/mol. The van der Waals surface area contributed by atoms with Crippen molar-refractivity contribution >= 4 is 10.4 Å². The molecule has 0 saturated heterocycles. The van der Waals surface area contributed by atoms with E-state index in [1.165, 1.54) is 31.3 Å². The molecule has 33 heavy (non-hydrogen) atoms. The lowest BCUT2D eigenvalue weighted by atomic mass is 9.47. The van der Waals surface area contributed by atoms with Crippen LogP contribution in [0.2, 0.25) is 0 Å². The zero-order chi connectivity index (χ0) is 24.2. The van der Waals surface area contributed by atoms with Crippen molar-refractivity contribution in [1.29, 1.82) is 0 Å². The first-order valence-electron chi connectivity index (χ1n) is 13.4. The van der Waals surface area contributed by atoms with Gasteiger partial charge in [0.05, 0.1) is 12.2 Å². The van der Waals surface area contributed by atoms with Gasteiger partial charge < -0.3 is 5.11 Å². The van der Waals surface area contributed by atoms with Crippen molar-refractivity contribution in [1.82, 2.24) is 0 Å². The van der Waals surface area contributed by atoms with Gasteiger partial charge in [-0.05, 0) is 111 Å². The van der Waals surface area contributed by atoms with Crippen molar-refractivity contribution in [3.05, 3.63) is 11.6 Å². The molecule has 6 heteroatoms. The first-order chi connectivity index (χ1) is 15.3. The minimum Gasteiger partial charge on any atom is -0.393 e. The van der Waals surface area contributed by atoms with Crippen molar-refractivity contribution in [2.45, 2.75) is 111 Å². The van der Waals surface area contributed by atoms with Crippen LogP contribution in [0.1, 0.15) is 98.8 Å². The second-order valence-electron chi connectivity index (χ2n) is 12.8. The van der Waals surface area contributed by atoms with Gasteiger partial charge in [0.25, 0.3) is 0 Å². The Morgan fingerprint density at radius 2 is 1.79 bits per heavy atom. The number of hydrogen-bond acceptors (Lipinski definition) is 4. The maximum absolute atomic E-state index is 11.2. The van der Waals surface area contributed by atoms with Gasteiger partial charge in [0, 0.05) is 0 Å². The van der Waals surface area contributed by atoms with Crippen LogP contribution in [0.15, 0.2) is 11.6 Å². The van der Waals surface area contributed by atoms with Gasteiger partial charge in [-0.1, -0.05) is 46.3 Å². The third kappa shape index (κ3) is 4.83. The fourth-order valence-electron chi connectivity index (χ4n) is 8.82. The predicted octanol–water partition coefficient (Wildman–Crippen LogP) is 6.19. The molecular weight excluding hydrogens is 436 g/mol. The molecule has 0 bridgehead atoms. The van der Waals surface area contributed by atoms with Gasteiger partial charge in [-0.25, -0.2) is 4.18 Å². The molecule has 0 aromatic rings. The molecule has 0 spiro atoms. The van der Waals surface area contributed by atoms with E-state index in [1.807, 2.05) is 0 Å². The van der Waals surface area contributed by atoms with Crippen LogP contribution in [-0.4, -0.2) is 30.3 Å². The Labute approximate surface area is 201 Å². The molecule has 3 saturated carbocycles. The molecule has 9 atom stereocenters. The average molecular weight is 483 g/mol. The molecule has 2 N–H and O–H groups in total. The third-order valence-electron chi connectivity index (χ3n) is 10.7. The maximum Gasteiger partial charge on any atom is 0.397 e. The van der Waals surface area contributed by atoms with Crippen LogP contribution in [0.25, 0.3) is 0 Å². The summed E-state index contributed by atoms with van der Waals surface area (Å²) in [7, 11) is -4.40. The quantitative estimate of drug-likeness (QED) is 0.334. The van der Waals surface area contributed by atoms with Crippen LogP contribution in [-0.2, 0) is 14.6 Å². The summed E-state index contributed by atoms with van der Waals surface area (Å²) in [5.74, 6) is 3.62. The van der Waals surface area contributed by atoms with Crippen molar-refractivity contribution in [2.75, 3.05) is 0 Å². The largest absolute Gasteiger partial charge is 0.397 e. The molecule has 5 nitrogen and oxygen atoms in total. The number of hydrogen-bond donors (Lipinski definition) is 2. The Morgan fingerprint density at radius 3 is 2.45 bits per heavy atom. The Hall–Kier alpha value is -0.430.